The summed E-state index contributed by atoms with van der Waals surface area (Å²) in [7, 11) is 0. The van der Waals surface area contributed by atoms with E-state index in [1.165, 1.54) is 18.2 Å². The number of halogens is 2. The first-order valence-corrected chi connectivity index (χ1v) is 6.75. The average molecular weight is 354 g/mol. The number of hydrogen-bond donors (Lipinski definition) is 2. The molecule has 7 heteroatoms. The SMILES string of the molecule is O=C(NC(=S)Nc1ccc(Br)cn1)c1ccccc1F. The first-order chi connectivity index (χ1) is 9.56. The highest BCUT2D eigenvalue weighted by Crippen LogP contribution is 2.10. The van der Waals surface area contributed by atoms with Gasteiger partial charge >= 0.3 is 0 Å². The molecule has 0 fully saturated rings. The highest BCUT2D eigenvalue weighted by molar-refractivity contribution is 9.10. The molecule has 1 aromatic carbocycles. The number of benzene rings is 1. The van der Waals surface area contributed by atoms with Crippen LogP contribution in [0.15, 0.2) is 47.1 Å². The van der Waals surface area contributed by atoms with Crippen LogP contribution in [0.5, 0.6) is 0 Å². The average Bonchev–Trinajstić information content (AvgIpc) is 2.41. The minimum atomic E-state index is -0.613. The van der Waals surface area contributed by atoms with Crippen LogP contribution in [0.25, 0.3) is 0 Å². The van der Waals surface area contributed by atoms with E-state index >= 15 is 0 Å². The Hall–Kier alpha value is -1.86. The van der Waals surface area contributed by atoms with E-state index in [9.17, 15) is 9.18 Å². The predicted molar refractivity (Wildman–Crippen MR) is 82.0 cm³/mol. The lowest BCUT2D eigenvalue weighted by atomic mass is 10.2. The monoisotopic (exact) mass is 353 g/mol. The summed E-state index contributed by atoms with van der Waals surface area (Å²) >= 11 is 8.23. The van der Waals surface area contributed by atoms with E-state index in [1.807, 2.05) is 0 Å². The molecule has 102 valence electrons. The fraction of sp³-hybridized carbons (Fsp3) is 0. The molecule has 0 aliphatic heterocycles. The molecular formula is C13H9BrFN3OS. The Morgan fingerprint density at radius 2 is 2.00 bits per heavy atom. The number of pyridine rings is 1. The lowest BCUT2D eigenvalue weighted by Crippen LogP contribution is -2.34. The van der Waals surface area contributed by atoms with Gasteiger partial charge in [-0.05, 0) is 52.4 Å². The van der Waals surface area contributed by atoms with E-state index in [1.54, 1.807) is 24.4 Å². The van der Waals surface area contributed by atoms with Gasteiger partial charge in [0, 0.05) is 10.7 Å². The van der Waals surface area contributed by atoms with Crippen molar-refractivity contribution in [3.8, 4) is 0 Å². The molecule has 0 atom stereocenters. The van der Waals surface area contributed by atoms with Crippen molar-refractivity contribution in [1.29, 1.82) is 0 Å². The predicted octanol–water partition coefficient (Wildman–Crippen LogP) is 3.11. The van der Waals surface area contributed by atoms with Crippen molar-refractivity contribution in [3.05, 3.63) is 58.4 Å². The van der Waals surface area contributed by atoms with Crippen LogP contribution >= 0.6 is 28.1 Å². The fourth-order valence-corrected chi connectivity index (χ4v) is 1.84. The van der Waals surface area contributed by atoms with E-state index in [0.717, 1.165) is 4.47 Å². The molecule has 1 aromatic heterocycles. The van der Waals surface area contributed by atoms with Crippen molar-refractivity contribution >= 4 is 45.0 Å². The third-order valence-electron chi connectivity index (χ3n) is 2.31. The van der Waals surface area contributed by atoms with E-state index in [-0.39, 0.29) is 10.7 Å². The second-order valence-electron chi connectivity index (χ2n) is 3.75. The maximum atomic E-state index is 13.4. The van der Waals surface area contributed by atoms with Crippen LogP contribution in [0.4, 0.5) is 10.2 Å². The number of anilines is 1. The van der Waals surface area contributed by atoms with Gasteiger partial charge in [0.1, 0.15) is 11.6 Å². The Morgan fingerprint density at radius 3 is 2.65 bits per heavy atom. The second kappa shape index (κ2) is 6.53. The number of carbonyl (C=O) groups excluding carboxylic acids is 1. The Morgan fingerprint density at radius 1 is 1.25 bits per heavy atom. The van der Waals surface area contributed by atoms with Gasteiger partial charge in [-0.15, -0.1) is 0 Å². The molecule has 2 rings (SSSR count). The Balaban J connectivity index is 2.00. The maximum absolute atomic E-state index is 13.4. The lowest BCUT2D eigenvalue weighted by molar-refractivity contribution is 0.0974. The number of hydrogen-bond acceptors (Lipinski definition) is 3. The van der Waals surface area contributed by atoms with Crippen LogP contribution in [0, 0.1) is 5.82 Å². The summed E-state index contributed by atoms with van der Waals surface area (Å²) in [5.41, 5.74) is -0.0691. The number of rotatable bonds is 2. The second-order valence-corrected chi connectivity index (χ2v) is 5.07. The summed E-state index contributed by atoms with van der Waals surface area (Å²) in [5.74, 6) is -0.737. The van der Waals surface area contributed by atoms with Gasteiger partial charge in [-0.2, -0.15) is 0 Å². The molecule has 4 nitrogen and oxygen atoms in total. The van der Waals surface area contributed by atoms with Gasteiger partial charge in [0.25, 0.3) is 5.91 Å². The van der Waals surface area contributed by atoms with E-state index in [2.05, 4.69) is 31.5 Å². The smallest absolute Gasteiger partial charge is 0.260 e. The van der Waals surface area contributed by atoms with Crippen molar-refractivity contribution in [1.82, 2.24) is 10.3 Å². The maximum Gasteiger partial charge on any atom is 0.260 e. The first-order valence-electron chi connectivity index (χ1n) is 5.54. The Kier molecular flexibility index (Phi) is 4.75. The van der Waals surface area contributed by atoms with Crippen LogP contribution in [0.1, 0.15) is 10.4 Å². The number of nitrogens with zero attached hydrogens (tertiary/aromatic N) is 1. The van der Waals surface area contributed by atoms with Crippen molar-refractivity contribution in [2.45, 2.75) is 0 Å². The zero-order valence-corrected chi connectivity index (χ0v) is 12.5. The van der Waals surface area contributed by atoms with Crippen LogP contribution < -0.4 is 10.6 Å². The summed E-state index contributed by atoms with van der Waals surface area (Å²) in [6, 6.07) is 9.13. The molecule has 0 radical (unpaired) electrons. The standard InChI is InChI=1S/C13H9BrFN3OS/c14-8-5-6-11(16-7-8)17-13(20)18-12(19)9-3-1-2-4-10(9)15/h1-7H,(H2,16,17,18,19,20). The van der Waals surface area contributed by atoms with Crippen molar-refractivity contribution in [2.75, 3.05) is 5.32 Å². The number of aromatic nitrogens is 1. The number of nitrogens with one attached hydrogen (secondary N) is 2. The van der Waals surface area contributed by atoms with Gasteiger partial charge in [-0.3, -0.25) is 10.1 Å². The first kappa shape index (κ1) is 14.5. The molecule has 20 heavy (non-hydrogen) atoms. The largest absolute Gasteiger partial charge is 0.317 e. The van der Waals surface area contributed by atoms with Crippen LogP contribution in [0.3, 0.4) is 0 Å². The molecule has 0 aliphatic rings. The van der Waals surface area contributed by atoms with Gasteiger partial charge in [0.2, 0.25) is 0 Å². The van der Waals surface area contributed by atoms with Crippen molar-refractivity contribution in [3.63, 3.8) is 0 Å². The molecule has 0 bridgehead atoms. The Labute approximate surface area is 128 Å². The van der Waals surface area contributed by atoms with Crippen LogP contribution in [-0.2, 0) is 0 Å². The van der Waals surface area contributed by atoms with Crippen LogP contribution in [-0.4, -0.2) is 16.0 Å². The lowest BCUT2D eigenvalue weighted by Gasteiger charge is -2.09. The van der Waals surface area contributed by atoms with Gasteiger partial charge < -0.3 is 5.32 Å². The third-order valence-corrected chi connectivity index (χ3v) is 2.99. The molecule has 0 saturated heterocycles. The summed E-state index contributed by atoms with van der Waals surface area (Å²) in [6.07, 6.45) is 1.59. The number of thiocarbonyl (C=S) groups is 1. The minimum Gasteiger partial charge on any atom is -0.317 e. The molecule has 1 heterocycles. The molecule has 0 aliphatic carbocycles. The topological polar surface area (TPSA) is 54.0 Å². The zero-order valence-electron chi connectivity index (χ0n) is 10.1. The fourth-order valence-electron chi connectivity index (χ4n) is 1.41. The molecule has 0 unspecified atom stereocenters. The molecule has 1 amide bonds. The molecule has 2 aromatic rings. The van der Waals surface area contributed by atoms with Crippen molar-refractivity contribution < 1.29 is 9.18 Å². The number of carbonyl (C=O) groups is 1. The zero-order chi connectivity index (χ0) is 14.5. The van der Waals surface area contributed by atoms with E-state index < -0.39 is 11.7 Å². The van der Waals surface area contributed by atoms with Gasteiger partial charge in [-0.1, -0.05) is 12.1 Å². The van der Waals surface area contributed by atoms with E-state index in [0.29, 0.717) is 5.82 Å². The highest BCUT2D eigenvalue weighted by atomic mass is 79.9. The number of amides is 1. The van der Waals surface area contributed by atoms with Crippen LogP contribution in [0.2, 0.25) is 0 Å². The molecule has 0 spiro atoms. The molecule has 2 N–H and O–H groups in total. The molecular weight excluding hydrogens is 345 g/mol. The summed E-state index contributed by atoms with van der Waals surface area (Å²) < 4.78 is 14.2. The normalized spacial score (nSPS) is 9.90. The minimum absolute atomic E-state index is 0.0491. The van der Waals surface area contributed by atoms with Gasteiger partial charge in [-0.25, -0.2) is 9.37 Å². The summed E-state index contributed by atoms with van der Waals surface area (Å²) in [5, 5.41) is 5.17. The summed E-state index contributed by atoms with van der Waals surface area (Å²) in [6.45, 7) is 0. The Bertz CT molecular complexity index is 648. The highest BCUT2D eigenvalue weighted by Gasteiger charge is 2.12. The van der Waals surface area contributed by atoms with Gasteiger partial charge in [0.15, 0.2) is 5.11 Å². The quantitative estimate of drug-likeness (QED) is 0.814. The van der Waals surface area contributed by atoms with Crippen molar-refractivity contribution in [2.24, 2.45) is 0 Å². The summed E-state index contributed by atoms with van der Waals surface area (Å²) in [4.78, 5) is 15.9. The molecule has 0 saturated carbocycles. The van der Waals surface area contributed by atoms with Gasteiger partial charge in [0.05, 0.1) is 5.56 Å². The third kappa shape index (κ3) is 3.82. The van der Waals surface area contributed by atoms with E-state index in [4.69, 9.17) is 12.2 Å².